The van der Waals surface area contributed by atoms with Crippen LogP contribution in [-0.4, -0.2) is 11.4 Å². The van der Waals surface area contributed by atoms with E-state index in [1.807, 2.05) is 0 Å². The maximum atomic E-state index is 13.0. The SMILES string of the molecule is CC(CC(C)(C)C(C)C)C(=O)NC(C)(C)C(C)(C)C(C(C)C)C(C)C. The van der Waals surface area contributed by atoms with Gasteiger partial charge in [-0.2, -0.15) is 0 Å². The molecule has 0 aliphatic carbocycles. The van der Waals surface area contributed by atoms with Crippen LogP contribution in [0.5, 0.6) is 0 Å². The average molecular weight is 354 g/mol. The van der Waals surface area contributed by atoms with Gasteiger partial charge in [0.2, 0.25) is 5.91 Å². The molecule has 0 heterocycles. The Kier molecular flexibility index (Phi) is 8.26. The fraction of sp³-hybridized carbons (Fsp3) is 0.957. The van der Waals surface area contributed by atoms with Gasteiger partial charge >= 0.3 is 0 Å². The number of amides is 1. The smallest absolute Gasteiger partial charge is 0.223 e. The zero-order valence-corrected chi connectivity index (χ0v) is 19.5. The highest BCUT2D eigenvalue weighted by Crippen LogP contribution is 2.45. The van der Waals surface area contributed by atoms with E-state index in [0.29, 0.717) is 23.7 Å². The monoisotopic (exact) mass is 353 g/mol. The Morgan fingerprint density at radius 1 is 0.800 bits per heavy atom. The van der Waals surface area contributed by atoms with Gasteiger partial charge < -0.3 is 5.32 Å². The molecule has 2 heteroatoms. The van der Waals surface area contributed by atoms with Crippen LogP contribution < -0.4 is 5.32 Å². The summed E-state index contributed by atoms with van der Waals surface area (Å²) in [5, 5.41) is 3.41. The normalized spacial score (nSPS) is 15.4. The number of nitrogens with one attached hydrogen (secondary N) is 1. The molecule has 0 aromatic heterocycles. The molecular formula is C23H47NO. The third kappa shape index (κ3) is 6.00. The number of carbonyl (C=O) groups excluding carboxylic acids is 1. The molecule has 0 aliphatic heterocycles. The minimum Gasteiger partial charge on any atom is -0.350 e. The van der Waals surface area contributed by atoms with Gasteiger partial charge in [0.15, 0.2) is 0 Å². The molecule has 0 rings (SSSR count). The van der Waals surface area contributed by atoms with E-state index in [4.69, 9.17) is 0 Å². The Hall–Kier alpha value is -0.530. The zero-order chi connectivity index (χ0) is 20.4. The van der Waals surface area contributed by atoms with Crippen LogP contribution in [0.15, 0.2) is 0 Å². The lowest BCUT2D eigenvalue weighted by atomic mass is 9.59. The van der Waals surface area contributed by atoms with Gasteiger partial charge in [0.1, 0.15) is 0 Å². The van der Waals surface area contributed by atoms with Gasteiger partial charge in [0, 0.05) is 11.5 Å². The van der Waals surface area contributed by atoms with Gasteiger partial charge in [0.25, 0.3) is 0 Å². The van der Waals surface area contributed by atoms with E-state index in [2.05, 4.69) is 95.3 Å². The van der Waals surface area contributed by atoms with Gasteiger partial charge in [-0.25, -0.2) is 0 Å². The summed E-state index contributed by atoms with van der Waals surface area (Å²) >= 11 is 0. The maximum Gasteiger partial charge on any atom is 0.223 e. The summed E-state index contributed by atoms with van der Waals surface area (Å²) in [7, 11) is 0. The molecule has 1 unspecified atom stereocenters. The number of rotatable bonds is 9. The molecule has 0 aliphatic rings. The second-order valence-electron chi connectivity index (χ2n) is 11.1. The summed E-state index contributed by atoms with van der Waals surface area (Å²) in [6, 6.07) is 0. The third-order valence-electron chi connectivity index (χ3n) is 7.16. The first-order chi connectivity index (χ1) is 11.0. The van der Waals surface area contributed by atoms with Crippen molar-refractivity contribution in [3.8, 4) is 0 Å². The highest BCUT2D eigenvalue weighted by Gasteiger charge is 2.46. The fourth-order valence-corrected chi connectivity index (χ4v) is 4.56. The minimum absolute atomic E-state index is 0.0122. The summed E-state index contributed by atoms with van der Waals surface area (Å²) in [4.78, 5) is 13.0. The van der Waals surface area contributed by atoms with Crippen LogP contribution in [0, 0.1) is 40.4 Å². The topological polar surface area (TPSA) is 29.1 Å². The molecule has 0 radical (unpaired) electrons. The average Bonchev–Trinajstić information content (AvgIpc) is 2.35. The molecule has 0 saturated heterocycles. The molecule has 0 aromatic carbocycles. The lowest BCUT2D eigenvalue weighted by molar-refractivity contribution is -0.130. The maximum absolute atomic E-state index is 13.0. The van der Waals surface area contributed by atoms with Crippen LogP contribution in [0.4, 0.5) is 0 Å². The molecule has 0 spiro atoms. The molecular weight excluding hydrogens is 306 g/mol. The van der Waals surface area contributed by atoms with Crippen molar-refractivity contribution in [3.05, 3.63) is 0 Å². The molecule has 1 atom stereocenters. The number of hydrogen-bond donors (Lipinski definition) is 1. The first-order valence-corrected chi connectivity index (χ1v) is 10.3. The summed E-state index contributed by atoms with van der Waals surface area (Å²) in [5.41, 5.74) is -0.0629. The third-order valence-corrected chi connectivity index (χ3v) is 7.16. The van der Waals surface area contributed by atoms with Crippen LogP contribution in [-0.2, 0) is 4.79 Å². The van der Waals surface area contributed by atoms with Crippen molar-refractivity contribution in [1.29, 1.82) is 0 Å². The molecule has 25 heavy (non-hydrogen) atoms. The van der Waals surface area contributed by atoms with Gasteiger partial charge in [-0.05, 0) is 54.8 Å². The standard InChI is InChI=1S/C23H47NO/c1-15(2)19(16(3)4)22(10,11)23(12,13)24-20(25)18(7)14-21(8,9)17(5)6/h15-19H,14H2,1-13H3,(H,24,25). The molecule has 1 amide bonds. The van der Waals surface area contributed by atoms with E-state index >= 15 is 0 Å². The van der Waals surface area contributed by atoms with Crippen molar-refractivity contribution in [2.75, 3.05) is 0 Å². The Morgan fingerprint density at radius 2 is 1.20 bits per heavy atom. The van der Waals surface area contributed by atoms with E-state index in [1.165, 1.54) is 0 Å². The van der Waals surface area contributed by atoms with E-state index in [9.17, 15) is 4.79 Å². The van der Waals surface area contributed by atoms with Gasteiger partial charge in [-0.1, -0.05) is 76.2 Å². The van der Waals surface area contributed by atoms with Crippen LogP contribution in [0.3, 0.4) is 0 Å². The predicted octanol–water partition coefficient (Wildman–Crippen LogP) is 6.54. The molecule has 0 fully saturated rings. The number of hydrogen-bond acceptors (Lipinski definition) is 1. The van der Waals surface area contributed by atoms with E-state index in [-0.39, 0.29) is 28.2 Å². The minimum atomic E-state index is -0.250. The van der Waals surface area contributed by atoms with Crippen molar-refractivity contribution in [1.82, 2.24) is 5.32 Å². The summed E-state index contributed by atoms with van der Waals surface area (Å²) in [6.07, 6.45) is 0.921. The van der Waals surface area contributed by atoms with Crippen LogP contribution in [0.1, 0.15) is 96.4 Å². The van der Waals surface area contributed by atoms with E-state index < -0.39 is 0 Å². The Labute approximate surface area is 158 Å². The van der Waals surface area contributed by atoms with Crippen LogP contribution in [0.2, 0.25) is 0 Å². The van der Waals surface area contributed by atoms with Crippen LogP contribution in [0.25, 0.3) is 0 Å². The Morgan fingerprint density at radius 3 is 1.52 bits per heavy atom. The Bertz CT molecular complexity index is 421. The van der Waals surface area contributed by atoms with Gasteiger partial charge in [-0.3, -0.25) is 4.79 Å². The summed E-state index contributed by atoms with van der Waals surface area (Å²) < 4.78 is 0. The largest absolute Gasteiger partial charge is 0.350 e. The molecule has 150 valence electrons. The van der Waals surface area contributed by atoms with Crippen molar-refractivity contribution in [2.24, 2.45) is 40.4 Å². The first kappa shape index (κ1) is 24.5. The molecule has 1 N–H and O–H groups in total. The molecule has 0 aromatic rings. The summed E-state index contributed by atoms with van der Waals surface area (Å²) in [5.74, 6) is 2.51. The molecule has 0 saturated carbocycles. The van der Waals surface area contributed by atoms with Gasteiger partial charge in [-0.15, -0.1) is 0 Å². The van der Waals surface area contributed by atoms with Crippen molar-refractivity contribution in [3.63, 3.8) is 0 Å². The lowest BCUT2D eigenvalue weighted by Crippen LogP contribution is -2.59. The first-order valence-electron chi connectivity index (χ1n) is 10.3. The predicted molar refractivity (Wildman–Crippen MR) is 112 cm³/mol. The van der Waals surface area contributed by atoms with Gasteiger partial charge in [0.05, 0.1) is 0 Å². The molecule has 0 bridgehead atoms. The van der Waals surface area contributed by atoms with E-state index in [0.717, 1.165) is 6.42 Å². The van der Waals surface area contributed by atoms with Crippen molar-refractivity contribution in [2.45, 2.75) is 102 Å². The van der Waals surface area contributed by atoms with Crippen molar-refractivity contribution < 1.29 is 4.79 Å². The van der Waals surface area contributed by atoms with E-state index in [1.54, 1.807) is 0 Å². The summed E-state index contributed by atoms with van der Waals surface area (Å²) in [6.45, 7) is 29.3. The number of carbonyl (C=O) groups is 1. The second kappa shape index (κ2) is 8.44. The van der Waals surface area contributed by atoms with Crippen molar-refractivity contribution >= 4 is 5.91 Å². The van der Waals surface area contributed by atoms with Crippen LogP contribution >= 0.6 is 0 Å². The Balaban J connectivity index is 5.31. The molecule has 2 nitrogen and oxygen atoms in total. The lowest BCUT2D eigenvalue weighted by Gasteiger charge is -2.51. The quantitative estimate of drug-likeness (QED) is 0.500. The fourth-order valence-electron chi connectivity index (χ4n) is 4.56. The second-order valence-corrected chi connectivity index (χ2v) is 11.1. The highest BCUT2D eigenvalue weighted by molar-refractivity contribution is 5.79. The zero-order valence-electron chi connectivity index (χ0n) is 19.5. The highest BCUT2D eigenvalue weighted by atomic mass is 16.2.